The van der Waals surface area contributed by atoms with Gasteiger partial charge in [0, 0.05) is 34.0 Å². The van der Waals surface area contributed by atoms with Gasteiger partial charge in [0.2, 0.25) is 0 Å². The lowest BCUT2D eigenvalue weighted by Crippen LogP contribution is -2.17. The predicted molar refractivity (Wildman–Crippen MR) is 141 cm³/mol. The van der Waals surface area contributed by atoms with Gasteiger partial charge in [0.05, 0.1) is 40.5 Å². The highest BCUT2D eigenvalue weighted by Crippen LogP contribution is 2.41. The molecule has 1 unspecified atom stereocenters. The van der Waals surface area contributed by atoms with Crippen LogP contribution in [0.5, 0.6) is 0 Å². The van der Waals surface area contributed by atoms with Gasteiger partial charge in [-0.05, 0) is 37.7 Å². The van der Waals surface area contributed by atoms with Gasteiger partial charge in [-0.25, -0.2) is 9.97 Å². The number of hydrogen-bond donors (Lipinski definition) is 2. The summed E-state index contributed by atoms with van der Waals surface area (Å²) >= 11 is 1.69. The van der Waals surface area contributed by atoms with Gasteiger partial charge < -0.3 is 5.32 Å². The molecule has 2 aliphatic rings. The largest absolute Gasteiger partial charge is 0.322 e. The number of nitrogens with zero attached hydrogens (tertiary/aromatic N) is 6. The van der Waals surface area contributed by atoms with Gasteiger partial charge in [0.1, 0.15) is 0 Å². The average Bonchev–Trinajstić information content (AvgIpc) is 3.34. The molecule has 0 spiro atoms. The van der Waals surface area contributed by atoms with Crippen LogP contribution in [-0.2, 0) is 0 Å². The number of fused-ring (bicyclic) bond motifs is 3. The summed E-state index contributed by atoms with van der Waals surface area (Å²) in [6.45, 7) is 0. The summed E-state index contributed by atoms with van der Waals surface area (Å²) in [5.41, 5.74) is 2.96. The van der Waals surface area contributed by atoms with Crippen molar-refractivity contribution in [2.45, 2.75) is 56.9 Å². The van der Waals surface area contributed by atoms with E-state index in [1.807, 2.05) is 23.1 Å². The van der Waals surface area contributed by atoms with Gasteiger partial charge in [0.15, 0.2) is 17.5 Å². The fourth-order valence-corrected chi connectivity index (χ4v) is 6.56. The Morgan fingerprint density at radius 3 is 2.86 bits per heavy atom. The minimum atomic E-state index is 0.0967. The van der Waals surface area contributed by atoms with Crippen molar-refractivity contribution in [2.24, 2.45) is 5.92 Å². The van der Waals surface area contributed by atoms with Gasteiger partial charge in [0.25, 0.3) is 0 Å². The molecule has 0 radical (unpaired) electrons. The molecule has 36 heavy (non-hydrogen) atoms. The van der Waals surface area contributed by atoms with Gasteiger partial charge in [-0.3, -0.25) is 9.78 Å². The van der Waals surface area contributed by atoms with Crippen LogP contribution in [-0.4, -0.2) is 29.9 Å². The number of H-pyrrole nitrogens is 1. The van der Waals surface area contributed by atoms with Crippen LogP contribution in [0.25, 0.3) is 31.7 Å². The minimum absolute atomic E-state index is 0.0967. The lowest BCUT2D eigenvalue weighted by atomic mass is 9.96. The maximum Gasteiger partial charge on any atom is 0.165 e. The highest BCUT2D eigenvalue weighted by atomic mass is 32.1. The molecular formula is C27H26N8S. The molecule has 0 saturated heterocycles. The second-order valence-electron chi connectivity index (χ2n) is 9.96. The van der Waals surface area contributed by atoms with E-state index in [1.54, 1.807) is 11.3 Å². The molecule has 2 saturated carbocycles. The van der Waals surface area contributed by atoms with Crippen LogP contribution in [0.2, 0.25) is 0 Å². The van der Waals surface area contributed by atoms with Crippen molar-refractivity contribution < 1.29 is 0 Å². The second-order valence-corrected chi connectivity index (χ2v) is 11.0. The lowest BCUT2D eigenvalue weighted by Gasteiger charge is -2.21. The van der Waals surface area contributed by atoms with E-state index in [2.05, 4.69) is 50.9 Å². The first kappa shape index (κ1) is 21.5. The van der Waals surface area contributed by atoms with Crippen molar-refractivity contribution >= 4 is 43.3 Å². The van der Waals surface area contributed by atoms with E-state index in [1.165, 1.54) is 36.1 Å². The highest BCUT2D eigenvalue weighted by molar-refractivity contribution is 7.26. The Kier molecular flexibility index (Phi) is 5.21. The molecule has 4 heterocycles. The molecule has 180 valence electrons. The van der Waals surface area contributed by atoms with E-state index < -0.39 is 0 Å². The molecule has 2 N–H and O–H groups in total. The summed E-state index contributed by atoms with van der Waals surface area (Å²) in [7, 11) is 0. The van der Waals surface area contributed by atoms with Gasteiger partial charge in [-0.2, -0.15) is 15.5 Å². The van der Waals surface area contributed by atoms with Crippen molar-refractivity contribution in [1.29, 1.82) is 5.26 Å². The van der Waals surface area contributed by atoms with Crippen molar-refractivity contribution in [3.05, 3.63) is 48.4 Å². The van der Waals surface area contributed by atoms with E-state index >= 15 is 0 Å². The first-order chi connectivity index (χ1) is 17.8. The Morgan fingerprint density at radius 1 is 1.17 bits per heavy atom. The maximum atomic E-state index is 9.46. The Balaban J connectivity index is 1.31. The van der Waals surface area contributed by atoms with E-state index in [-0.39, 0.29) is 6.04 Å². The topological polar surface area (TPSA) is 108 Å². The van der Waals surface area contributed by atoms with E-state index in [0.717, 1.165) is 45.6 Å². The van der Waals surface area contributed by atoms with Crippen LogP contribution >= 0.6 is 11.3 Å². The first-order valence-electron chi connectivity index (χ1n) is 12.7. The van der Waals surface area contributed by atoms with Crippen molar-refractivity contribution in [3.8, 4) is 17.5 Å². The SMILES string of the molecule is N#CCC(C1CCCC1)n1cc(-c2nc(Nc3cc(C4CC4)[nH]n3)c3sc4ccccc4c3n2)cn1. The Hall–Kier alpha value is -3.77. The van der Waals surface area contributed by atoms with Gasteiger partial charge in [-0.15, -0.1) is 11.3 Å². The fraction of sp³-hybridized carbons (Fsp3) is 0.370. The average molecular weight is 495 g/mol. The number of nitrogens with one attached hydrogen (secondary N) is 2. The maximum absolute atomic E-state index is 9.46. The summed E-state index contributed by atoms with van der Waals surface area (Å²) in [6, 6.07) is 12.9. The summed E-state index contributed by atoms with van der Waals surface area (Å²) in [4.78, 5) is 9.97. The molecule has 9 heteroatoms. The molecule has 8 nitrogen and oxygen atoms in total. The number of rotatable bonds is 7. The van der Waals surface area contributed by atoms with Crippen LogP contribution in [0, 0.1) is 17.2 Å². The van der Waals surface area contributed by atoms with E-state index in [0.29, 0.717) is 24.1 Å². The molecule has 0 bridgehead atoms. The molecule has 2 fully saturated rings. The third kappa shape index (κ3) is 3.82. The Labute approximate surface area is 212 Å². The van der Waals surface area contributed by atoms with Crippen LogP contribution in [0.1, 0.15) is 62.6 Å². The van der Waals surface area contributed by atoms with Gasteiger partial charge >= 0.3 is 0 Å². The molecule has 1 aromatic carbocycles. The number of hydrogen-bond acceptors (Lipinski definition) is 7. The number of nitriles is 1. The molecule has 2 aliphatic carbocycles. The molecule has 0 aliphatic heterocycles. The second kappa shape index (κ2) is 8.71. The zero-order valence-electron chi connectivity index (χ0n) is 19.8. The van der Waals surface area contributed by atoms with Gasteiger partial charge in [-0.1, -0.05) is 31.0 Å². The number of aromatic nitrogens is 6. The van der Waals surface area contributed by atoms with E-state index in [9.17, 15) is 5.26 Å². The Morgan fingerprint density at radius 2 is 2.03 bits per heavy atom. The Bertz CT molecular complexity index is 1600. The smallest absolute Gasteiger partial charge is 0.165 e. The fourth-order valence-electron chi connectivity index (χ4n) is 5.48. The summed E-state index contributed by atoms with van der Waals surface area (Å²) in [5.74, 6) is 3.25. The third-order valence-corrected chi connectivity index (χ3v) is 8.69. The summed E-state index contributed by atoms with van der Waals surface area (Å²) < 4.78 is 4.15. The third-order valence-electron chi connectivity index (χ3n) is 7.52. The standard InChI is InChI=1S/C27H26N8S/c28-12-11-21(17-5-1-2-6-17)35-15-18(14-29-35)26-31-24-19-7-3-4-8-22(19)36-25(24)27(32-26)30-23-13-20(33-34-23)16-9-10-16/h3-4,7-8,13-17,21H,1-2,5-6,9-11H2,(H2,30,31,32,33,34). The molecule has 4 aromatic heterocycles. The molecular weight excluding hydrogens is 468 g/mol. The zero-order valence-corrected chi connectivity index (χ0v) is 20.6. The minimum Gasteiger partial charge on any atom is -0.322 e. The molecule has 0 amide bonds. The highest BCUT2D eigenvalue weighted by Gasteiger charge is 2.28. The van der Waals surface area contributed by atoms with Crippen LogP contribution in [0.3, 0.4) is 0 Å². The summed E-state index contributed by atoms with van der Waals surface area (Å²) in [5, 5.41) is 26.4. The lowest BCUT2D eigenvalue weighted by molar-refractivity contribution is 0.315. The van der Waals surface area contributed by atoms with Crippen molar-refractivity contribution in [2.75, 3.05) is 5.32 Å². The monoisotopic (exact) mass is 494 g/mol. The number of anilines is 2. The van der Waals surface area contributed by atoms with Crippen molar-refractivity contribution in [1.82, 2.24) is 29.9 Å². The number of benzene rings is 1. The van der Waals surface area contributed by atoms with E-state index in [4.69, 9.17) is 9.97 Å². The normalized spacial score (nSPS) is 17.1. The van der Waals surface area contributed by atoms with Crippen molar-refractivity contribution in [3.63, 3.8) is 0 Å². The van der Waals surface area contributed by atoms with Crippen LogP contribution in [0.15, 0.2) is 42.7 Å². The first-order valence-corrected chi connectivity index (χ1v) is 13.5. The molecule has 5 aromatic rings. The molecule has 1 atom stereocenters. The van der Waals surface area contributed by atoms with Crippen LogP contribution in [0.4, 0.5) is 11.6 Å². The summed E-state index contributed by atoms with van der Waals surface area (Å²) in [6.07, 6.45) is 11.5. The zero-order chi connectivity index (χ0) is 24.1. The molecule has 7 rings (SSSR count). The quantitative estimate of drug-likeness (QED) is 0.261. The van der Waals surface area contributed by atoms with Crippen LogP contribution < -0.4 is 5.32 Å². The predicted octanol–water partition coefficient (Wildman–Crippen LogP) is 6.70. The number of thiophene rings is 1. The number of aromatic amines is 1.